The van der Waals surface area contributed by atoms with Gasteiger partial charge in [0.15, 0.2) is 0 Å². The molecule has 2 aliphatic rings. The van der Waals surface area contributed by atoms with Crippen molar-refractivity contribution in [3.05, 3.63) is 59.7 Å². The normalized spacial score (nSPS) is 21.7. The number of carbonyl (C=O) groups is 1. The van der Waals surface area contributed by atoms with Crippen molar-refractivity contribution in [3.8, 4) is 5.75 Å². The van der Waals surface area contributed by atoms with Gasteiger partial charge in [-0.05, 0) is 45.2 Å². The van der Waals surface area contributed by atoms with Crippen molar-refractivity contribution in [3.63, 3.8) is 0 Å². The Labute approximate surface area is 184 Å². The number of carbonyl (C=O) groups excluding carboxylic acids is 1. The molecular weight excluding hydrogens is 414 g/mol. The lowest BCUT2D eigenvalue weighted by Crippen LogP contribution is -2.47. The minimum atomic E-state index is -3.64. The van der Waals surface area contributed by atoms with Gasteiger partial charge in [0.05, 0.1) is 10.9 Å². The molecule has 0 radical (unpaired) electrons. The number of ether oxygens (including phenoxy) is 1. The minimum Gasteiger partial charge on any atom is -0.487 e. The lowest BCUT2D eigenvalue weighted by Gasteiger charge is -2.37. The van der Waals surface area contributed by atoms with Crippen LogP contribution in [0.2, 0.25) is 0 Å². The van der Waals surface area contributed by atoms with E-state index in [4.69, 9.17) is 4.74 Å². The SMILES string of the molecule is CN1CCN(S(=O)(=O)c2cccc(C(=O)NC3CC(C)(C)Oc4ccccc43)c2)CC1. The van der Waals surface area contributed by atoms with Crippen LogP contribution in [0.3, 0.4) is 0 Å². The summed E-state index contributed by atoms with van der Waals surface area (Å²) >= 11 is 0. The van der Waals surface area contributed by atoms with E-state index in [0.717, 1.165) is 11.3 Å². The fraction of sp³-hybridized carbons (Fsp3) is 0.435. The highest BCUT2D eigenvalue weighted by Crippen LogP contribution is 2.39. The number of sulfonamides is 1. The molecule has 2 aliphatic heterocycles. The second kappa shape index (κ2) is 8.26. The zero-order valence-corrected chi connectivity index (χ0v) is 19.0. The molecule has 1 saturated heterocycles. The van der Waals surface area contributed by atoms with Gasteiger partial charge in [-0.2, -0.15) is 4.31 Å². The molecule has 0 spiro atoms. The third-order valence-electron chi connectivity index (χ3n) is 5.88. The van der Waals surface area contributed by atoms with Crippen molar-refractivity contribution >= 4 is 15.9 Å². The lowest BCUT2D eigenvalue weighted by molar-refractivity contribution is 0.0619. The van der Waals surface area contributed by atoms with Crippen LogP contribution in [0.15, 0.2) is 53.4 Å². The quantitative estimate of drug-likeness (QED) is 0.786. The molecule has 1 fully saturated rings. The van der Waals surface area contributed by atoms with Crippen molar-refractivity contribution in [1.29, 1.82) is 0 Å². The number of likely N-dealkylation sites (N-methyl/N-ethyl adjacent to an activating group) is 1. The Morgan fingerprint density at radius 2 is 1.77 bits per heavy atom. The maximum atomic E-state index is 13.1. The Hall–Kier alpha value is -2.42. The molecule has 0 saturated carbocycles. The van der Waals surface area contributed by atoms with Crippen LogP contribution in [0, 0.1) is 0 Å². The molecule has 0 aromatic heterocycles. The van der Waals surface area contributed by atoms with Gasteiger partial charge in [-0.1, -0.05) is 24.3 Å². The van der Waals surface area contributed by atoms with Crippen LogP contribution in [0.25, 0.3) is 0 Å². The predicted molar refractivity (Wildman–Crippen MR) is 119 cm³/mol. The summed E-state index contributed by atoms with van der Waals surface area (Å²) in [6.45, 7) is 6.26. The molecule has 1 unspecified atom stereocenters. The number of fused-ring (bicyclic) bond motifs is 1. The Morgan fingerprint density at radius 3 is 2.52 bits per heavy atom. The highest BCUT2D eigenvalue weighted by molar-refractivity contribution is 7.89. The van der Waals surface area contributed by atoms with Gasteiger partial charge in [-0.25, -0.2) is 8.42 Å². The van der Waals surface area contributed by atoms with Crippen molar-refractivity contribution in [2.75, 3.05) is 33.2 Å². The van der Waals surface area contributed by atoms with Crippen molar-refractivity contribution in [1.82, 2.24) is 14.5 Å². The summed E-state index contributed by atoms with van der Waals surface area (Å²) in [7, 11) is -1.66. The van der Waals surface area contributed by atoms with Crippen LogP contribution in [-0.2, 0) is 10.0 Å². The number of hydrogen-bond donors (Lipinski definition) is 1. The van der Waals surface area contributed by atoms with E-state index in [2.05, 4.69) is 10.2 Å². The van der Waals surface area contributed by atoms with E-state index < -0.39 is 15.6 Å². The Morgan fingerprint density at radius 1 is 1.06 bits per heavy atom. The molecule has 31 heavy (non-hydrogen) atoms. The first kappa shape index (κ1) is 21.8. The average Bonchev–Trinajstić information content (AvgIpc) is 2.73. The van der Waals surface area contributed by atoms with E-state index in [-0.39, 0.29) is 16.8 Å². The maximum Gasteiger partial charge on any atom is 0.251 e. The second-order valence-corrected chi connectivity index (χ2v) is 10.8. The fourth-order valence-corrected chi connectivity index (χ4v) is 5.62. The number of rotatable bonds is 4. The molecule has 1 amide bonds. The largest absolute Gasteiger partial charge is 0.487 e. The molecule has 0 bridgehead atoms. The first-order valence-corrected chi connectivity index (χ1v) is 12.0. The summed E-state index contributed by atoms with van der Waals surface area (Å²) in [5.74, 6) is 0.461. The molecule has 1 atom stereocenters. The third kappa shape index (κ3) is 4.61. The van der Waals surface area contributed by atoms with Gasteiger partial charge in [0.2, 0.25) is 10.0 Å². The van der Waals surface area contributed by atoms with Crippen molar-refractivity contribution in [2.45, 2.75) is 36.8 Å². The number of hydrogen-bond acceptors (Lipinski definition) is 5. The summed E-state index contributed by atoms with van der Waals surface area (Å²) in [6.07, 6.45) is 0.620. The Balaban J connectivity index is 1.55. The summed E-state index contributed by atoms with van der Waals surface area (Å²) in [6, 6.07) is 13.8. The van der Waals surface area contributed by atoms with Gasteiger partial charge in [0.25, 0.3) is 5.91 Å². The number of benzene rings is 2. The molecule has 2 aromatic rings. The molecule has 1 N–H and O–H groups in total. The lowest BCUT2D eigenvalue weighted by atomic mass is 9.89. The molecule has 166 valence electrons. The van der Waals surface area contributed by atoms with E-state index in [0.29, 0.717) is 38.2 Å². The molecule has 2 aromatic carbocycles. The van der Waals surface area contributed by atoms with Crippen LogP contribution in [-0.4, -0.2) is 62.4 Å². The number of nitrogens with zero attached hydrogens (tertiary/aromatic N) is 2. The topological polar surface area (TPSA) is 79.0 Å². The zero-order chi connectivity index (χ0) is 22.2. The molecule has 4 rings (SSSR count). The highest BCUT2D eigenvalue weighted by atomic mass is 32.2. The molecule has 2 heterocycles. The summed E-state index contributed by atoms with van der Waals surface area (Å²) in [5, 5.41) is 3.08. The smallest absolute Gasteiger partial charge is 0.251 e. The number of piperazine rings is 1. The Kier molecular flexibility index (Phi) is 5.81. The van der Waals surface area contributed by atoms with Gasteiger partial charge in [-0.15, -0.1) is 0 Å². The minimum absolute atomic E-state index is 0.150. The van der Waals surface area contributed by atoms with Gasteiger partial charge >= 0.3 is 0 Å². The maximum absolute atomic E-state index is 13.1. The fourth-order valence-electron chi connectivity index (χ4n) is 4.15. The van der Waals surface area contributed by atoms with Gasteiger partial charge < -0.3 is 15.0 Å². The van der Waals surface area contributed by atoms with Crippen molar-refractivity contribution < 1.29 is 17.9 Å². The average molecular weight is 444 g/mol. The van der Waals surface area contributed by atoms with Gasteiger partial charge in [-0.3, -0.25) is 4.79 Å². The standard InChI is InChI=1S/C23H29N3O4S/c1-23(2)16-20(19-9-4-5-10-21(19)30-23)24-22(27)17-7-6-8-18(15-17)31(28,29)26-13-11-25(3)12-14-26/h4-10,15,20H,11-14,16H2,1-3H3,(H,24,27). The summed E-state index contributed by atoms with van der Waals surface area (Å²) in [5.41, 5.74) is 0.840. The molecule has 8 heteroatoms. The molecule has 7 nitrogen and oxygen atoms in total. The van der Waals surface area contributed by atoms with E-state index in [1.165, 1.54) is 10.4 Å². The van der Waals surface area contributed by atoms with Gasteiger partial charge in [0.1, 0.15) is 11.4 Å². The van der Waals surface area contributed by atoms with E-state index in [9.17, 15) is 13.2 Å². The zero-order valence-electron chi connectivity index (χ0n) is 18.2. The number of amides is 1. The van der Waals surface area contributed by atoms with Crippen LogP contribution < -0.4 is 10.1 Å². The highest BCUT2D eigenvalue weighted by Gasteiger charge is 2.35. The van der Waals surface area contributed by atoms with Crippen LogP contribution in [0.4, 0.5) is 0 Å². The second-order valence-electron chi connectivity index (χ2n) is 8.86. The third-order valence-corrected chi connectivity index (χ3v) is 7.77. The van der Waals surface area contributed by atoms with E-state index in [1.807, 2.05) is 45.2 Å². The monoisotopic (exact) mass is 443 g/mol. The van der Waals surface area contributed by atoms with Crippen LogP contribution in [0.1, 0.15) is 42.2 Å². The summed E-state index contributed by atoms with van der Waals surface area (Å²) < 4.78 is 33.7. The first-order chi connectivity index (χ1) is 14.7. The van der Waals surface area contributed by atoms with E-state index >= 15 is 0 Å². The Bertz CT molecular complexity index is 1080. The van der Waals surface area contributed by atoms with Crippen molar-refractivity contribution in [2.24, 2.45) is 0 Å². The van der Waals surface area contributed by atoms with E-state index in [1.54, 1.807) is 18.2 Å². The summed E-state index contributed by atoms with van der Waals surface area (Å²) in [4.78, 5) is 15.3. The molecular formula is C23H29N3O4S. The molecule has 0 aliphatic carbocycles. The number of para-hydroxylation sites is 1. The van der Waals surface area contributed by atoms with Gasteiger partial charge in [0, 0.05) is 43.7 Å². The number of nitrogens with one attached hydrogen (secondary N) is 1. The predicted octanol–water partition coefficient (Wildman–Crippen LogP) is 2.65. The van der Waals surface area contributed by atoms with Crippen LogP contribution in [0.5, 0.6) is 5.75 Å². The first-order valence-electron chi connectivity index (χ1n) is 10.5. The van der Waals surface area contributed by atoms with Crippen LogP contribution >= 0.6 is 0 Å².